The molecule has 0 N–H and O–H groups in total. The highest BCUT2D eigenvalue weighted by Crippen LogP contribution is 2.34. The summed E-state index contributed by atoms with van der Waals surface area (Å²) < 4.78 is 10.3. The summed E-state index contributed by atoms with van der Waals surface area (Å²) in [6, 6.07) is 15.2. The zero-order valence-electron chi connectivity index (χ0n) is 12.1. The van der Waals surface area contributed by atoms with Gasteiger partial charge in [-0.15, -0.1) is 0 Å². The van der Waals surface area contributed by atoms with Crippen molar-refractivity contribution in [3.05, 3.63) is 54.1 Å². The SMILES string of the molecule is COc1ccc(C2CN(c3ccc(OC)cc3)C2=O)cc1. The Morgan fingerprint density at radius 3 is 1.90 bits per heavy atom. The van der Waals surface area contributed by atoms with Gasteiger partial charge in [-0.25, -0.2) is 0 Å². The number of rotatable bonds is 4. The molecule has 4 heteroatoms. The van der Waals surface area contributed by atoms with Crippen LogP contribution in [0.4, 0.5) is 5.69 Å². The van der Waals surface area contributed by atoms with Crippen LogP contribution in [0.15, 0.2) is 48.5 Å². The monoisotopic (exact) mass is 283 g/mol. The van der Waals surface area contributed by atoms with Gasteiger partial charge in [0.05, 0.1) is 20.1 Å². The highest BCUT2D eigenvalue weighted by molar-refractivity contribution is 6.04. The van der Waals surface area contributed by atoms with Gasteiger partial charge >= 0.3 is 0 Å². The molecule has 0 bridgehead atoms. The van der Waals surface area contributed by atoms with Crippen LogP contribution in [0.1, 0.15) is 11.5 Å². The van der Waals surface area contributed by atoms with Gasteiger partial charge in [0.15, 0.2) is 0 Å². The van der Waals surface area contributed by atoms with E-state index in [1.807, 2.05) is 48.5 Å². The van der Waals surface area contributed by atoms with Crippen molar-refractivity contribution in [1.82, 2.24) is 0 Å². The van der Waals surface area contributed by atoms with E-state index >= 15 is 0 Å². The van der Waals surface area contributed by atoms with Gasteiger partial charge in [-0.2, -0.15) is 0 Å². The van der Waals surface area contributed by atoms with Crippen molar-refractivity contribution < 1.29 is 14.3 Å². The summed E-state index contributed by atoms with van der Waals surface area (Å²) >= 11 is 0. The zero-order valence-corrected chi connectivity index (χ0v) is 12.1. The third-order valence-electron chi connectivity index (χ3n) is 3.83. The zero-order chi connectivity index (χ0) is 14.8. The third-order valence-corrected chi connectivity index (χ3v) is 3.83. The fraction of sp³-hybridized carbons (Fsp3) is 0.235. The summed E-state index contributed by atoms with van der Waals surface area (Å²) in [5.41, 5.74) is 1.94. The first-order chi connectivity index (χ1) is 10.2. The molecule has 21 heavy (non-hydrogen) atoms. The van der Waals surface area contributed by atoms with Crippen molar-refractivity contribution >= 4 is 11.6 Å². The van der Waals surface area contributed by atoms with E-state index in [9.17, 15) is 4.79 Å². The van der Waals surface area contributed by atoms with Crippen molar-refractivity contribution in [3.63, 3.8) is 0 Å². The molecule has 0 spiro atoms. The number of β-lactam (4-membered cyclic amide) rings is 1. The van der Waals surface area contributed by atoms with Crippen LogP contribution in [0.5, 0.6) is 11.5 Å². The lowest BCUT2D eigenvalue weighted by atomic mass is 9.90. The van der Waals surface area contributed by atoms with E-state index in [-0.39, 0.29) is 11.8 Å². The molecule has 1 unspecified atom stereocenters. The number of ether oxygens (including phenoxy) is 2. The molecule has 0 saturated carbocycles. The summed E-state index contributed by atoms with van der Waals surface area (Å²) in [4.78, 5) is 14.1. The molecule has 4 nitrogen and oxygen atoms in total. The predicted octanol–water partition coefficient (Wildman–Crippen LogP) is 2.83. The first-order valence-corrected chi connectivity index (χ1v) is 6.82. The van der Waals surface area contributed by atoms with Crippen LogP contribution in [-0.4, -0.2) is 26.7 Å². The molecule has 1 heterocycles. The number of methoxy groups -OCH3 is 2. The second-order valence-corrected chi connectivity index (χ2v) is 4.97. The smallest absolute Gasteiger partial charge is 0.236 e. The molecule has 0 aromatic heterocycles. The standard InChI is InChI=1S/C17H17NO3/c1-20-14-7-3-12(4-8-14)16-11-18(17(16)19)13-5-9-15(21-2)10-6-13/h3-10,16H,11H2,1-2H3. The lowest BCUT2D eigenvalue weighted by Gasteiger charge is -2.38. The maximum absolute atomic E-state index is 12.3. The van der Waals surface area contributed by atoms with Crippen LogP contribution in [-0.2, 0) is 4.79 Å². The molecule has 3 rings (SSSR count). The van der Waals surface area contributed by atoms with Crippen molar-refractivity contribution in [2.75, 3.05) is 25.7 Å². The van der Waals surface area contributed by atoms with Gasteiger partial charge in [0.1, 0.15) is 11.5 Å². The molecule has 1 aliphatic rings. The fourth-order valence-electron chi connectivity index (χ4n) is 2.51. The fourth-order valence-corrected chi connectivity index (χ4v) is 2.51. The van der Waals surface area contributed by atoms with Gasteiger partial charge in [-0.3, -0.25) is 4.79 Å². The topological polar surface area (TPSA) is 38.8 Å². The number of benzene rings is 2. The van der Waals surface area contributed by atoms with Gasteiger partial charge in [0.25, 0.3) is 0 Å². The van der Waals surface area contributed by atoms with Gasteiger partial charge in [0.2, 0.25) is 5.91 Å². The van der Waals surface area contributed by atoms with E-state index in [2.05, 4.69) is 0 Å². The minimum absolute atomic E-state index is 0.0574. The van der Waals surface area contributed by atoms with Gasteiger partial charge < -0.3 is 14.4 Å². The molecular formula is C17H17NO3. The van der Waals surface area contributed by atoms with Crippen molar-refractivity contribution in [2.45, 2.75) is 5.92 Å². The Bertz CT molecular complexity index is 579. The molecule has 1 aliphatic heterocycles. The Labute approximate surface area is 123 Å². The highest BCUT2D eigenvalue weighted by Gasteiger charge is 2.38. The van der Waals surface area contributed by atoms with E-state index in [0.717, 1.165) is 22.7 Å². The lowest BCUT2D eigenvalue weighted by Crippen LogP contribution is -2.50. The van der Waals surface area contributed by atoms with Gasteiger partial charge in [-0.1, -0.05) is 12.1 Å². The molecule has 1 fully saturated rings. The first-order valence-electron chi connectivity index (χ1n) is 6.82. The molecule has 1 saturated heterocycles. The number of amides is 1. The molecule has 0 radical (unpaired) electrons. The van der Waals surface area contributed by atoms with Crippen molar-refractivity contribution in [2.24, 2.45) is 0 Å². The van der Waals surface area contributed by atoms with E-state index in [1.54, 1.807) is 19.1 Å². The third kappa shape index (κ3) is 2.44. The van der Waals surface area contributed by atoms with E-state index < -0.39 is 0 Å². The number of anilines is 1. The largest absolute Gasteiger partial charge is 0.497 e. The Balaban J connectivity index is 1.71. The first kappa shape index (κ1) is 13.5. The summed E-state index contributed by atoms with van der Waals surface area (Å²) in [5.74, 6) is 1.67. The minimum atomic E-state index is -0.0574. The quantitative estimate of drug-likeness (QED) is 0.810. The minimum Gasteiger partial charge on any atom is -0.497 e. The Kier molecular flexibility index (Phi) is 3.52. The summed E-state index contributed by atoms with van der Waals surface area (Å²) in [6.45, 7) is 0.706. The Hall–Kier alpha value is -2.49. The van der Waals surface area contributed by atoms with E-state index in [0.29, 0.717) is 6.54 Å². The number of hydrogen-bond acceptors (Lipinski definition) is 3. The van der Waals surface area contributed by atoms with Crippen LogP contribution in [0, 0.1) is 0 Å². The highest BCUT2D eigenvalue weighted by atomic mass is 16.5. The van der Waals surface area contributed by atoms with Crippen LogP contribution in [0.2, 0.25) is 0 Å². The second-order valence-electron chi connectivity index (χ2n) is 4.97. The number of carbonyl (C=O) groups excluding carboxylic acids is 1. The lowest BCUT2D eigenvalue weighted by molar-refractivity contribution is -0.124. The van der Waals surface area contributed by atoms with Crippen LogP contribution >= 0.6 is 0 Å². The molecule has 1 amide bonds. The molecule has 2 aromatic carbocycles. The number of carbonyl (C=O) groups is 1. The maximum Gasteiger partial charge on any atom is 0.236 e. The van der Waals surface area contributed by atoms with Gasteiger partial charge in [-0.05, 0) is 42.0 Å². The van der Waals surface area contributed by atoms with Crippen molar-refractivity contribution in [1.29, 1.82) is 0 Å². The van der Waals surface area contributed by atoms with E-state index in [1.165, 1.54) is 0 Å². The number of nitrogens with zero attached hydrogens (tertiary/aromatic N) is 1. The summed E-state index contributed by atoms with van der Waals surface area (Å²) in [6.07, 6.45) is 0. The predicted molar refractivity (Wildman–Crippen MR) is 81.1 cm³/mol. The Morgan fingerprint density at radius 1 is 0.905 bits per heavy atom. The summed E-state index contributed by atoms with van der Waals surface area (Å²) in [5, 5.41) is 0. The maximum atomic E-state index is 12.3. The molecule has 2 aromatic rings. The second kappa shape index (κ2) is 5.48. The molecule has 0 aliphatic carbocycles. The normalized spacial score (nSPS) is 17.3. The molecule has 1 atom stereocenters. The average Bonchev–Trinajstić information content (AvgIpc) is 2.55. The van der Waals surface area contributed by atoms with Crippen molar-refractivity contribution in [3.8, 4) is 11.5 Å². The summed E-state index contributed by atoms with van der Waals surface area (Å²) in [7, 11) is 3.26. The molecular weight excluding hydrogens is 266 g/mol. The van der Waals surface area contributed by atoms with Crippen LogP contribution < -0.4 is 14.4 Å². The van der Waals surface area contributed by atoms with Crippen LogP contribution in [0.3, 0.4) is 0 Å². The molecule has 108 valence electrons. The average molecular weight is 283 g/mol. The van der Waals surface area contributed by atoms with Gasteiger partial charge in [0, 0.05) is 12.2 Å². The van der Waals surface area contributed by atoms with E-state index in [4.69, 9.17) is 9.47 Å². The Morgan fingerprint density at radius 2 is 1.43 bits per heavy atom. The van der Waals surface area contributed by atoms with Crippen LogP contribution in [0.25, 0.3) is 0 Å². The number of hydrogen-bond donors (Lipinski definition) is 0.